The van der Waals surface area contributed by atoms with E-state index in [-0.39, 0.29) is 11.9 Å². The van der Waals surface area contributed by atoms with Crippen molar-refractivity contribution < 1.29 is 9.53 Å². The molecule has 1 rings (SSSR count). The van der Waals surface area contributed by atoms with E-state index in [4.69, 9.17) is 16.2 Å². The lowest BCUT2D eigenvalue weighted by atomic mass is 9.90. The molecule has 1 saturated heterocycles. The lowest BCUT2D eigenvalue weighted by molar-refractivity contribution is -0.118. The predicted molar refractivity (Wildman–Crippen MR) is 45.3 cm³/mol. The van der Waals surface area contributed by atoms with Crippen LogP contribution in [-0.4, -0.2) is 25.2 Å². The summed E-state index contributed by atoms with van der Waals surface area (Å²) in [6, 6.07) is -0.0774. The Bertz CT molecular complexity index is 155. The second-order valence-corrected chi connectivity index (χ2v) is 3.28. The first-order chi connectivity index (χ1) is 5.70. The fraction of sp³-hybridized carbons (Fsp3) is 0.875. The van der Waals surface area contributed by atoms with Crippen molar-refractivity contribution in [1.29, 1.82) is 0 Å². The Labute approximate surface area is 72.2 Å². The van der Waals surface area contributed by atoms with Crippen LogP contribution in [0.15, 0.2) is 0 Å². The molecule has 12 heavy (non-hydrogen) atoms. The van der Waals surface area contributed by atoms with Gasteiger partial charge in [-0.25, -0.2) is 0 Å². The Hall–Kier alpha value is -0.610. The van der Waals surface area contributed by atoms with Gasteiger partial charge in [0.2, 0.25) is 5.91 Å². The van der Waals surface area contributed by atoms with Crippen LogP contribution < -0.4 is 11.5 Å². The average Bonchev–Trinajstić information content (AvgIpc) is 2.05. The molecular formula is C8H16N2O2. The molecule has 1 fully saturated rings. The van der Waals surface area contributed by atoms with Gasteiger partial charge in [0.1, 0.15) is 0 Å². The van der Waals surface area contributed by atoms with Crippen molar-refractivity contribution in [3.63, 3.8) is 0 Å². The molecule has 0 saturated carbocycles. The third-order valence-electron chi connectivity index (χ3n) is 2.31. The smallest absolute Gasteiger partial charge is 0.218 e. The maximum absolute atomic E-state index is 10.6. The van der Waals surface area contributed by atoms with Gasteiger partial charge >= 0.3 is 0 Å². The van der Waals surface area contributed by atoms with E-state index in [9.17, 15) is 4.79 Å². The normalized spacial score (nSPS) is 22.1. The summed E-state index contributed by atoms with van der Waals surface area (Å²) >= 11 is 0. The minimum atomic E-state index is -0.311. The zero-order chi connectivity index (χ0) is 8.97. The van der Waals surface area contributed by atoms with Crippen LogP contribution in [0.1, 0.15) is 19.3 Å². The van der Waals surface area contributed by atoms with E-state index in [2.05, 4.69) is 0 Å². The summed E-state index contributed by atoms with van der Waals surface area (Å²) in [7, 11) is 0. The molecule has 1 aliphatic rings. The number of ether oxygens (including phenoxy) is 1. The van der Waals surface area contributed by atoms with E-state index >= 15 is 0 Å². The summed E-state index contributed by atoms with van der Waals surface area (Å²) in [6.07, 6.45) is 2.20. The lowest BCUT2D eigenvalue weighted by Gasteiger charge is -2.26. The van der Waals surface area contributed by atoms with E-state index < -0.39 is 0 Å². The first-order valence-corrected chi connectivity index (χ1v) is 4.32. The van der Waals surface area contributed by atoms with Gasteiger partial charge in [0, 0.05) is 25.7 Å². The van der Waals surface area contributed by atoms with Crippen molar-refractivity contribution >= 4 is 5.91 Å². The van der Waals surface area contributed by atoms with Gasteiger partial charge in [-0.1, -0.05) is 0 Å². The van der Waals surface area contributed by atoms with Gasteiger partial charge in [-0.05, 0) is 18.8 Å². The molecule has 0 aromatic heterocycles. The van der Waals surface area contributed by atoms with Gasteiger partial charge < -0.3 is 16.2 Å². The zero-order valence-electron chi connectivity index (χ0n) is 7.16. The first kappa shape index (κ1) is 9.48. The average molecular weight is 172 g/mol. The van der Waals surface area contributed by atoms with Gasteiger partial charge in [-0.3, -0.25) is 4.79 Å². The molecule has 1 atom stereocenters. The molecule has 1 amide bonds. The largest absolute Gasteiger partial charge is 0.381 e. The Morgan fingerprint density at radius 1 is 1.50 bits per heavy atom. The molecule has 1 unspecified atom stereocenters. The Morgan fingerprint density at radius 3 is 2.58 bits per heavy atom. The molecule has 4 nitrogen and oxygen atoms in total. The highest BCUT2D eigenvalue weighted by molar-refractivity contribution is 5.74. The third kappa shape index (κ3) is 2.79. The van der Waals surface area contributed by atoms with Crippen LogP contribution in [0, 0.1) is 5.92 Å². The zero-order valence-corrected chi connectivity index (χ0v) is 7.16. The number of rotatable bonds is 3. The number of nitrogens with two attached hydrogens (primary N) is 2. The molecule has 4 heteroatoms. The van der Waals surface area contributed by atoms with Crippen LogP contribution in [0.5, 0.6) is 0 Å². The van der Waals surface area contributed by atoms with E-state index in [0.717, 1.165) is 26.1 Å². The number of carbonyl (C=O) groups is 1. The molecule has 0 bridgehead atoms. The quantitative estimate of drug-likeness (QED) is 0.609. The van der Waals surface area contributed by atoms with Gasteiger partial charge in [0.05, 0.1) is 0 Å². The SMILES string of the molecule is NC(=O)CC(N)C1CCOCC1. The molecule has 0 aromatic carbocycles. The van der Waals surface area contributed by atoms with Crippen LogP contribution in [-0.2, 0) is 9.53 Å². The van der Waals surface area contributed by atoms with Crippen molar-refractivity contribution in [2.75, 3.05) is 13.2 Å². The Balaban J connectivity index is 2.29. The Kier molecular flexibility index (Phi) is 3.49. The fourth-order valence-electron chi connectivity index (χ4n) is 1.54. The van der Waals surface area contributed by atoms with E-state index in [1.807, 2.05) is 0 Å². The molecule has 4 N–H and O–H groups in total. The molecule has 1 heterocycles. The molecule has 0 aromatic rings. The van der Waals surface area contributed by atoms with Crippen LogP contribution >= 0.6 is 0 Å². The minimum absolute atomic E-state index is 0.0774. The summed E-state index contributed by atoms with van der Waals surface area (Å²) < 4.78 is 5.18. The maximum atomic E-state index is 10.6. The van der Waals surface area contributed by atoms with Crippen molar-refractivity contribution in [3.8, 4) is 0 Å². The van der Waals surface area contributed by atoms with Crippen LogP contribution in [0.2, 0.25) is 0 Å². The molecular weight excluding hydrogens is 156 g/mol. The Morgan fingerprint density at radius 2 is 2.08 bits per heavy atom. The standard InChI is InChI=1S/C8H16N2O2/c9-7(5-8(10)11)6-1-3-12-4-2-6/h6-7H,1-5,9H2,(H2,10,11). The van der Waals surface area contributed by atoms with Crippen molar-refractivity contribution in [2.45, 2.75) is 25.3 Å². The molecule has 0 radical (unpaired) electrons. The molecule has 0 spiro atoms. The summed E-state index contributed by atoms with van der Waals surface area (Å²) in [4.78, 5) is 10.6. The number of hydrogen-bond donors (Lipinski definition) is 2. The van der Waals surface area contributed by atoms with Crippen LogP contribution in [0.4, 0.5) is 0 Å². The molecule has 70 valence electrons. The van der Waals surface area contributed by atoms with Crippen LogP contribution in [0.25, 0.3) is 0 Å². The monoisotopic (exact) mass is 172 g/mol. The summed E-state index contributed by atoms with van der Waals surface area (Å²) in [6.45, 7) is 1.52. The predicted octanol–water partition coefficient (Wildman–Crippen LogP) is -0.384. The first-order valence-electron chi connectivity index (χ1n) is 4.32. The third-order valence-corrected chi connectivity index (χ3v) is 2.31. The topological polar surface area (TPSA) is 78.3 Å². The summed E-state index contributed by atoms with van der Waals surface area (Å²) in [5.74, 6) is 0.0974. The molecule has 1 aliphatic heterocycles. The van der Waals surface area contributed by atoms with Gasteiger partial charge in [-0.15, -0.1) is 0 Å². The van der Waals surface area contributed by atoms with Crippen molar-refractivity contribution in [1.82, 2.24) is 0 Å². The van der Waals surface area contributed by atoms with Gasteiger partial charge in [0.15, 0.2) is 0 Å². The van der Waals surface area contributed by atoms with Crippen molar-refractivity contribution in [2.24, 2.45) is 17.4 Å². The number of primary amides is 1. The second-order valence-electron chi connectivity index (χ2n) is 3.28. The number of carbonyl (C=O) groups excluding carboxylic acids is 1. The minimum Gasteiger partial charge on any atom is -0.381 e. The fourth-order valence-corrected chi connectivity index (χ4v) is 1.54. The highest BCUT2D eigenvalue weighted by Crippen LogP contribution is 2.18. The van der Waals surface area contributed by atoms with E-state index in [0.29, 0.717) is 12.3 Å². The van der Waals surface area contributed by atoms with Gasteiger partial charge in [0.25, 0.3) is 0 Å². The van der Waals surface area contributed by atoms with Crippen molar-refractivity contribution in [3.05, 3.63) is 0 Å². The van der Waals surface area contributed by atoms with E-state index in [1.54, 1.807) is 0 Å². The maximum Gasteiger partial charge on any atom is 0.218 e. The highest BCUT2D eigenvalue weighted by Gasteiger charge is 2.21. The number of amides is 1. The lowest BCUT2D eigenvalue weighted by Crippen LogP contribution is -2.37. The number of hydrogen-bond acceptors (Lipinski definition) is 3. The summed E-state index contributed by atoms with van der Waals surface area (Å²) in [5.41, 5.74) is 10.8. The summed E-state index contributed by atoms with van der Waals surface area (Å²) in [5, 5.41) is 0. The van der Waals surface area contributed by atoms with Crippen LogP contribution in [0.3, 0.4) is 0 Å². The highest BCUT2D eigenvalue weighted by atomic mass is 16.5. The van der Waals surface area contributed by atoms with E-state index in [1.165, 1.54) is 0 Å². The van der Waals surface area contributed by atoms with Gasteiger partial charge in [-0.2, -0.15) is 0 Å². The molecule has 0 aliphatic carbocycles. The second kappa shape index (κ2) is 4.42.